The molecule has 0 unspecified atom stereocenters. The van der Waals surface area contributed by atoms with Gasteiger partial charge in [-0.15, -0.1) is 11.3 Å². The van der Waals surface area contributed by atoms with Gasteiger partial charge in [-0.1, -0.05) is 0 Å². The second-order valence-corrected chi connectivity index (χ2v) is 9.17. The highest BCUT2D eigenvalue weighted by molar-refractivity contribution is 7.92. The summed E-state index contributed by atoms with van der Waals surface area (Å²) in [5.41, 5.74) is 0.582. The van der Waals surface area contributed by atoms with Gasteiger partial charge in [-0.3, -0.25) is 4.79 Å². The van der Waals surface area contributed by atoms with E-state index in [0.717, 1.165) is 16.2 Å². The van der Waals surface area contributed by atoms with Crippen molar-refractivity contribution < 1.29 is 26.4 Å². The molecule has 1 aromatic rings. The number of nitrogens with zero attached hydrogens (tertiary/aromatic N) is 1. The second kappa shape index (κ2) is 6.99. The van der Waals surface area contributed by atoms with Gasteiger partial charge in [0, 0.05) is 11.3 Å². The fraction of sp³-hybridized carbons (Fsp3) is 0.714. The zero-order chi connectivity index (χ0) is 18.1. The van der Waals surface area contributed by atoms with E-state index < -0.39 is 28.0 Å². The van der Waals surface area contributed by atoms with Crippen LogP contribution in [0.4, 0.5) is 13.2 Å². The van der Waals surface area contributed by atoms with Crippen LogP contribution in [0.15, 0.2) is 4.34 Å². The molecule has 0 bridgehead atoms. The maximum Gasteiger partial charge on any atom is 0.391 e. The van der Waals surface area contributed by atoms with Crippen LogP contribution in [-0.4, -0.2) is 25.5 Å². The third-order valence-electron chi connectivity index (χ3n) is 4.27. The maximum absolute atomic E-state index is 12.6. The van der Waals surface area contributed by atoms with Crippen LogP contribution >= 0.6 is 11.3 Å². The fourth-order valence-electron chi connectivity index (χ4n) is 2.75. The molecule has 1 aliphatic carbocycles. The Bertz CT molecular complexity index is 686. The molecule has 0 aromatic carbocycles. The molecule has 2 rings (SSSR count). The lowest BCUT2D eigenvalue weighted by Gasteiger charge is -2.29. The minimum Gasteiger partial charge on any atom is -0.274 e. The molecule has 0 spiro atoms. The number of alkyl halides is 3. The van der Waals surface area contributed by atoms with Gasteiger partial charge in [0.05, 0.1) is 11.6 Å². The van der Waals surface area contributed by atoms with Gasteiger partial charge in [0.25, 0.3) is 10.0 Å². The number of hydrogen-bond acceptors (Lipinski definition) is 5. The molecule has 1 amide bonds. The summed E-state index contributed by atoms with van der Waals surface area (Å²) >= 11 is 0.974. The monoisotopic (exact) mass is 384 g/mol. The summed E-state index contributed by atoms with van der Waals surface area (Å²) in [6.07, 6.45) is -3.78. The standard InChI is InChI=1S/C14H19F3N2O3S2/c1-8-9(2)23-13(18-8)24(21,22)19-12(20)7-10-3-5-11(6-4-10)14(15,16)17/h10-11H,3-7H2,1-2H3,(H,19,20). The quantitative estimate of drug-likeness (QED) is 0.864. The lowest BCUT2D eigenvalue weighted by atomic mass is 9.80. The zero-order valence-electron chi connectivity index (χ0n) is 13.3. The van der Waals surface area contributed by atoms with Gasteiger partial charge in [-0.25, -0.2) is 9.71 Å². The Balaban J connectivity index is 1.90. The smallest absolute Gasteiger partial charge is 0.274 e. The molecule has 10 heteroatoms. The zero-order valence-corrected chi connectivity index (χ0v) is 14.9. The summed E-state index contributed by atoms with van der Waals surface area (Å²) in [5.74, 6) is -2.24. The Kier molecular flexibility index (Phi) is 5.58. The van der Waals surface area contributed by atoms with Crippen LogP contribution in [-0.2, 0) is 14.8 Å². The van der Waals surface area contributed by atoms with Gasteiger partial charge in [0.2, 0.25) is 10.2 Å². The molecule has 1 N–H and O–H groups in total. The molecule has 136 valence electrons. The van der Waals surface area contributed by atoms with Crippen molar-refractivity contribution >= 4 is 27.3 Å². The molecule has 1 fully saturated rings. The maximum atomic E-state index is 12.6. The Morgan fingerprint density at radius 1 is 1.25 bits per heavy atom. The molecule has 1 aromatic heterocycles. The molecular weight excluding hydrogens is 365 g/mol. The first-order chi connectivity index (χ1) is 11.0. The predicted molar refractivity (Wildman–Crippen MR) is 83.0 cm³/mol. The number of carbonyl (C=O) groups excluding carboxylic acids is 1. The summed E-state index contributed by atoms with van der Waals surface area (Å²) in [5, 5.41) is 0. The molecule has 0 atom stereocenters. The number of nitrogens with one attached hydrogen (secondary N) is 1. The normalized spacial score (nSPS) is 22.4. The van der Waals surface area contributed by atoms with E-state index in [-0.39, 0.29) is 42.4 Å². The highest BCUT2D eigenvalue weighted by Crippen LogP contribution is 2.40. The Morgan fingerprint density at radius 2 is 1.83 bits per heavy atom. The highest BCUT2D eigenvalue weighted by Gasteiger charge is 2.41. The molecule has 5 nitrogen and oxygen atoms in total. The van der Waals surface area contributed by atoms with E-state index in [1.54, 1.807) is 13.8 Å². The van der Waals surface area contributed by atoms with Crippen molar-refractivity contribution in [2.75, 3.05) is 0 Å². The predicted octanol–water partition coefficient (Wildman–Crippen LogP) is 3.32. The molecule has 24 heavy (non-hydrogen) atoms. The van der Waals surface area contributed by atoms with Gasteiger partial charge in [-0.2, -0.15) is 21.6 Å². The van der Waals surface area contributed by atoms with Gasteiger partial charge >= 0.3 is 6.18 Å². The van der Waals surface area contributed by atoms with Gasteiger partial charge in [0.1, 0.15) is 0 Å². The van der Waals surface area contributed by atoms with E-state index in [0.29, 0.717) is 5.69 Å². The van der Waals surface area contributed by atoms with E-state index in [1.165, 1.54) is 0 Å². The summed E-state index contributed by atoms with van der Waals surface area (Å²) in [6, 6.07) is 0. The number of hydrogen-bond donors (Lipinski definition) is 1. The van der Waals surface area contributed by atoms with Gasteiger partial charge < -0.3 is 0 Å². The van der Waals surface area contributed by atoms with Crippen molar-refractivity contribution in [2.45, 2.75) is 56.5 Å². The first-order valence-corrected chi connectivity index (χ1v) is 9.85. The number of rotatable bonds is 4. The Labute approximate surface area is 142 Å². The van der Waals surface area contributed by atoms with Crippen LogP contribution < -0.4 is 4.72 Å². The molecule has 1 heterocycles. The minimum absolute atomic E-state index is 0.0148. The van der Waals surface area contributed by atoms with Crippen molar-refractivity contribution in [3.8, 4) is 0 Å². The van der Waals surface area contributed by atoms with Crippen LogP contribution in [0.3, 0.4) is 0 Å². The average molecular weight is 384 g/mol. The van der Waals surface area contributed by atoms with Crippen LogP contribution in [0.1, 0.15) is 42.7 Å². The largest absolute Gasteiger partial charge is 0.391 e. The van der Waals surface area contributed by atoms with Crippen LogP contribution in [0.25, 0.3) is 0 Å². The number of aromatic nitrogens is 1. The van der Waals surface area contributed by atoms with Gasteiger partial charge in [-0.05, 0) is 45.4 Å². The first kappa shape index (κ1) is 19.2. The van der Waals surface area contributed by atoms with E-state index in [1.807, 2.05) is 4.72 Å². The van der Waals surface area contributed by atoms with E-state index in [2.05, 4.69) is 4.98 Å². The number of amides is 1. The highest BCUT2D eigenvalue weighted by atomic mass is 32.2. The summed E-state index contributed by atoms with van der Waals surface area (Å²) in [7, 11) is -4.02. The Morgan fingerprint density at radius 3 is 2.29 bits per heavy atom. The van der Waals surface area contributed by atoms with Crippen molar-refractivity contribution in [1.29, 1.82) is 0 Å². The molecule has 0 saturated heterocycles. The molecular formula is C14H19F3N2O3S2. The SMILES string of the molecule is Cc1nc(S(=O)(=O)NC(=O)CC2CCC(C(F)(F)F)CC2)sc1C. The third-order valence-corrected chi connectivity index (χ3v) is 7.09. The fourth-order valence-corrected chi connectivity index (χ4v) is 5.05. The lowest BCUT2D eigenvalue weighted by molar-refractivity contribution is -0.184. The summed E-state index contributed by atoms with van der Waals surface area (Å²) < 4.78 is 63.8. The van der Waals surface area contributed by atoms with Crippen LogP contribution in [0, 0.1) is 25.7 Å². The van der Waals surface area contributed by atoms with Crippen molar-refractivity contribution in [2.24, 2.45) is 11.8 Å². The van der Waals surface area contributed by atoms with Crippen molar-refractivity contribution in [3.05, 3.63) is 10.6 Å². The minimum atomic E-state index is -4.20. The van der Waals surface area contributed by atoms with Gasteiger partial charge in [0.15, 0.2) is 0 Å². The summed E-state index contributed by atoms with van der Waals surface area (Å²) in [4.78, 5) is 16.6. The number of sulfonamides is 1. The molecule has 1 aliphatic rings. The van der Waals surface area contributed by atoms with E-state index in [9.17, 15) is 26.4 Å². The molecule has 1 saturated carbocycles. The Hall–Kier alpha value is -1.16. The summed E-state index contributed by atoms with van der Waals surface area (Å²) in [6.45, 7) is 3.40. The topological polar surface area (TPSA) is 76.1 Å². The molecule has 0 radical (unpaired) electrons. The van der Waals surface area contributed by atoms with Crippen LogP contribution in [0.5, 0.6) is 0 Å². The van der Waals surface area contributed by atoms with E-state index >= 15 is 0 Å². The third kappa shape index (κ3) is 4.69. The average Bonchev–Trinajstić information content (AvgIpc) is 2.78. The van der Waals surface area contributed by atoms with E-state index in [4.69, 9.17) is 0 Å². The number of aryl methyl sites for hydroxylation is 2. The number of thiazole rings is 1. The number of carbonyl (C=O) groups is 1. The van der Waals surface area contributed by atoms with Crippen molar-refractivity contribution in [3.63, 3.8) is 0 Å². The number of halogens is 3. The first-order valence-electron chi connectivity index (χ1n) is 7.55. The van der Waals surface area contributed by atoms with Crippen LogP contribution in [0.2, 0.25) is 0 Å². The second-order valence-electron chi connectivity index (χ2n) is 6.11. The lowest BCUT2D eigenvalue weighted by Crippen LogP contribution is -2.34. The van der Waals surface area contributed by atoms with Crippen molar-refractivity contribution in [1.82, 2.24) is 9.71 Å². The molecule has 0 aliphatic heterocycles.